The minimum Gasteiger partial charge on any atom is -0.363 e. The highest BCUT2D eigenvalue weighted by atomic mass is 32.2. The molecule has 1 atom stereocenters. The summed E-state index contributed by atoms with van der Waals surface area (Å²) in [6.45, 7) is 2.15. The van der Waals surface area contributed by atoms with Crippen molar-refractivity contribution in [2.45, 2.75) is 30.9 Å². The van der Waals surface area contributed by atoms with Gasteiger partial charge in [0.05, 0.1) is 9.67 Å². The van der Waals surface area contributed by atoms with E-state index in [2.05, 4.69) is 10.3 Å². The number of aryl methyl sites for hydroxylation is 1. The van der Waals surface area contributed by atoms with Gasteiger partial charge in [0.15, 0.2) is 0 Å². The molecular weight excluding hydrogens is 266 g/mol. The summed E-state index contributed by atoms with van der Waals surface area (Å²) >= 11 is 0. The topological polar surface area (TPSA) is 85.1 Å². The van der Waals surface area contributed by atoms with Gasteiger partial charge in [0, 0.05) is 35.4 Å². The van der Waals surface area contributed by atoms with Gasteiger partial charge in [-0.15, -0.1) is 0 Å². The van der Waals surface area contributed by atoms with Gasteiger partial charge in [0.2, 0.25) is 5.82 Å². The molecule has 1 aliphatic rings. The van der Waals surface area contributed by atoms with Crippen LogP contribution in [0.2, 0.25) is 0 Å². The van der Waals surface area contributed by atoms with E-state index >= 15 is 0 Å². The zero-order chi connectivity index (χ0) is 14.0. The lowest BCUT2D eigenvalue weighted by atomic mass is 9.84. The Morgan fingerprint density at radius 1 is 1.58 bits per heavy atom. The van der Waals surface area contributed by atoms with Crippen LogP contribution in [-0.4, -0.2) is 31.7 Å². The highest BCUT2D eigenvalue weighted by Crippen LogP contribution is 2.37. The fraction of sp³-hybridized carbons (Fsp3) is 0.583. The Kier molecular flexibility index (Phi) is 3.84. The third-order valence-corrected chi connectivity index (χ3v) is 5.53. The lowest BCUT2D eigenvalue weighted by Gasteiger charge is -2.39. The normalized spacial score (nSPS) is 18.4. The molecule has 0 saturated heterocycles. The van der Waals surface area contributed by atoms with E-state index in [0.717, 1.165) is 19.3 Å². The monoisotopic (exact) mass is 283 g/mol. The second-order valence-electron chi connectivity index (χ2n) is 4.93. The van der Waals surface area contributed by atoms with E-state index in [1.54, 1.807) is 25.4 Å². The highest BCUT2D eigenvalue weighted by Gasteiger charge is 2.41. The molecule has 0 unspecified atom stereocenters. The SMILES string of the molecule is Cc1ccnc(NCC2([S@@](C)=O)CCC2)c1[N+](=O)[O-]. The predicted octanol–water partition coefficient (Wildman–Crippen LogP) is 2.01. The van der Waals surface area contributed by atoms with Crippen LogP contribution in [0.1, 0.15) is 24.8 Å². The summed E-state index contributed by atoms with van der Waals surface area (Å²) in [5.74, 6) is 0.265. The number of anilines is 1. The predicted molar refractivity (Wildman–Crippen MR) is 74.8 cm³/mol. The molecule has 7 heteroatoms. The number of hydrogen-bond donors (Lipinski definition) is 1. The molecule has 1 aromatic heterocycles. The molecular formula is C12H17N3O3S. The number of rotatable bonds is 5. The fourth-order valence-corrected chi connectivity index (χ4v) is 3.43. The van der Waals surface area contributed by atoms with Gasteiger partial charge in [-0.05, 0) is 25.8 Å². The van der Waals surface area contributed by atoms with Gasteiger partial charge in [0.1, 0.15) is 0 Å². The zero-order valence-electron chi connectivity index (χ0n) is 11.0. The molecule has 6 nitrogen and oxygen atoms in total. The molecule has 104 valence electrons. The summed E-state index contributed by atoms with van der Waals surface area (Å²) in [6.07, 6.45) is 6.08. The number of nitrogens with zero attached hydrogens (tertiary/aromatic N) is 2. The van der Waals surface area contributed by atoms with Crippen molar-refractivity contribution in [3.05, 3.63) is 27.9 Å². The van der Waals surface area contributed by atoms with E-state index in [9.17, 15) is 14.3 Å². The lowest BCUT2D eigenvalue weighted by Crippen LogP contribution is -2.47. The first kappa shape index (κ1) is 13.9. The van der Waals surface area contributed by atoms with Gasteiger partial charge in [-0.25, -0.2) is 4.98 Å². The molecule has 0 aliphatic heterocycles. The summed E-state index contributed by atoms with van der Waals surface area (Å²) in [7, 11) is -0.939. The molecule has 1 aliphatic carbocycles. The van der Waals surface area contributed by atoms with Gasteiger partial charge < -0.3 is 5.32 Å². The third kappa shape index (κ3) is 2.60. The summed E-state index contributed by atoms with van der Waals surface area (Å²) < 4.78 is 11.5. The van der Waals surface area contributed by atoms with Crippen molar-refractivity contribution in [2.75, 3.05) is 18.1 Å². The van der Waals surface area contributed by atoms with Crippen molar-refractivity contribution in [3.63, 3.8) is 0 Å². The van der Waals surface area contributed by atoms with Gasteiger partial charge in [-0.2, -0.15) is 0 Å². The van der Waals surface area contributed by atoms with Crippen LogP contribution in [-0.2, 0) is 10.8 Å². The molecule has 1 saturated carbocycles. The Morgan fingerprint density at radius 3 is 2.74 bits per heavy atom. The van der Waals surface area contributed by atoms with Crippen LogP contribution in [0.25, 0.3) is 0 Å². The maximum atomic E-state index is 11.8. The van der Waals surface area contributed by atoms with Crippen LogP contribution >= 0.6 is 0 Å². The summed E-state index contributed by atoms with van der Waals surface area (Å²) in [5.41, 5.74) is 0.571. The lowest BCUT2D eigenvalue weighted by molar-refractivity contribution is -0.384. The molecule has 1 fully saturated rings. The Morgan fingerprint density at radius 2 is 2.26 bits per heavy atom. The molecule has 0 bridgehead atoms. The van der Waals surface area contributed by atoms with Crippen molar-refractivity contribution < 1.29 is 9.13 Å². The van der Waals surface area contributed by atoms with E-state index in [-0.39, 0.29) is 16.3 Å². The van der Waals surface area contributed by atoms with Crippen molar-refractivity contribution in [2.24, 2.45) is 0 Å². The van der Waals surface area contributed by atoms with E-state index in [1.807, 2.05) is 0 Å². The Bertz CT molecular complexity index is 529. The first-order valence-electron chi connectivity index (χ1n) is 6.14. The van der Waals surface area contributed by atoms with Crippen molar-refractivity contribution >= 4 is 22.3 Å². The highest BCUT2D eigenvalue weighted by molar-refractivity contribution is 7.85. The van der Waals surface area contributed by atoms with Crippen LogP contribution in [0.3, 0.4) is 0 Å². The van der Waals surface area contributed by atoms with Crippen molar-refractivity contribution in [1.82, 2.24) is 4.98 Å². The van der Waals surface area contributed by atoms with Crippen molar-refractivity contribution in [1.29, 1.82) is 0 Å². The Hall–Kier alpha value is -1.50. The van der Waals surface area contributed by atoms with Crippen LogP contribution in [0.5, 0.6) is 0 Å². The van der Waals surface area contributed by atoms with E-state index in [1.165, 1.54) is 0 Å². The largest absolute Gasteiger partial charge is 0.363 e. The average molecular weight is 283 g/mol. The van der Waals surface area contributed by atoms with Crippen molar-refractivity contribution in [3.8, 4) is 0 Å². The number of nitro groups is 1. The third-order valence-electron chi connectivity index (χ3n) is 3.76. The molecule has 0 aromatic carbocycles. The van der Waals surface area contributed by atoms with Crippen LogP contribution in [0, 0.1) is 17.0 Å². The van der Waals surface area contributed by atoms with E-state index in [0.29, 0.717) is 12.1 Å². The smallest absolute Gasteiger partial charge is 0.314 e. The van der Waals surface area contributed by atoms with E-state index in [4.69, 9.17) is 0 Å². The molecule has 1 aromatic rings. The average Bonchev–Trinajstić information content (AvgIpc) is 2.26. The molecule has 19 heavy (non-hydrogen) atoms. The van der Waals surface area contributed by atoms with Crippen LogP contribution < -0.4 is 5.32 Å². The zero-order valence-corrected chi connectivity index (χ0v) is 11.8. The number of aromatic nitrogens is 1. The maximum absolute atomic E-state index is 11.8. The molecule has 1 heterocycles. The van der Waals surface area contributed by atoms with E-state index < -0.39 is 15.7 Å². The summed E-state index contributed by atoms with van der Waals surface area (Å²) in [5, 5.41) is 14.1. The van der Waals surface area contributed by atoms with Gasteiger partial charge in [-0.1, -0.05) is 6.42 Å². The molecule has 1 N–H and O–H groups in total. The second-order valence-corrected chi connectivity index (χ2v) is 6.70. The number of nitrogens with one attached hydrogen (secondary N) is 1. The van der Waals surface area contributed by atoms with Crippen LogP contribution in [0.4, 0.5) is 11.5 Å². The molecule has 2 rings (SSSR count). The fourth-order valence-electron chi connectivity index (χ4n) is 2.29. The molecule has 0 spiro atoms. The van der Waals surface area contributed by atoms with Gasteiger partial charge in [-0.3, -0.25) is 14.3 Å². The number of hydrogen-bond acceptors (Lipinski definition) is 5. The summed E-state index contributed by atoms with van der Waals surface area (Å²) in [6, 6.07) is 1.61. The first-order chi connectivity index (χ1) is 8.96. The quantitative estimate of drug-likeness (QED) is 0.660. The molecule has 0 amide bonds. The van der Waals surface area contributed by atoms with Crippen LogP contribution in [0.15, 0.2) is 12.3 Å². The van der Waals surface area contributed by atoms with Gasteiger partial charge >= 0.3 is 5.69 Å². The summed E-state index contributed by atoms with van der Waals surface area (Å²) in [4.78, 5) is 14.7. The van der Waals surface area contributed by atoms with Gasteiger partial charge in [0.25, 0.3) is 0 Å². The molecule has 0 radical (unpaired) electrons. The first-order valence-corrected chi connectivity index (χ1v) is 7.69. The second kappa shape index (κ2) is 5.24. The Balaban J connectivity index is 2.18. The minimum atomic E-state index is -0.939. The standard InChI is InChI=1S/C12H17N3O3S/c1-9-4-7-13-11(10(9)15(16)17)14-8-12(19(2)18)5-3-6-12/h4,7H,3,5-6,8H2,1-2H3,(H,13,14)/t19-/m1/s1. The maximum Gasteiger partial charge on any atom is 0.314 e. The minimum absolute atomic E-state index is 0.00106. The number of pyridine rings is 1. The Labute approximate surface area is 114 Å².